The van der Waals surface area contributed by atoms with Crippen molar-refractivity contribution in [3.8, 4) is 0 Å². The van der Waals surface area contributed by atoms with Crippen LogP contribution in [0.5, 0.6) is 0 Å². The molecule has 1 aromatic rings. The largest absolute Gasteiger partial charge is 0.309 e. The van der Waals surface area contributed by atoms with Crippen molar-refractivity contribution in [2.75, 3.05) is 6.54 Å². The lowest BCUT2D eigenvalue weighted by molar-refractivity contribution is 0.717. The summed E-state index contributed by atoms with van der Waals surface area (Å²) in [5.74, 6) is 0. The van der Waals surface area contributed by atoms with Gasteiger partial charge >= 0.3 is 0 Å². The van der Waals surface area contributed by atoms with Crippen molar-refractivity contribution < 1.29 is 0 Å². The molecule has 3 heteroatoms. The van der Waals surface area contributed by atoms with Gasteiger partial charge < -0.3 is 5.32 Å². The maximum Gasteiger partial charge on any atom is 0.0641 e. The van der Waals surface area contributed by atoms with E-state index in [9.17, 15) is 0 Å². The number of rotatable bonds is 4. The van der Waals surface area contributed by atoms with Crippen LogP contribution >= 0.6 is 0 Å². The zero-order valence-electron chi connectivity index (χ0n) is 9.52. The van der Waals surface area contributed by atoms with Gasteiger partial charge in [0.2, 0.25) is 0 Å². The van der Waals surface area contributed by atoms with Gasteiger partial charge in [-0.1, -0.05) is 12.2 Å². The second-order valence-corrected chi connectivity index (χ2v) is 3.83. The van der Waals surface area contributed by atoms with Crippen molar-refractivity contribution in [1.29, 1.82) is 0 Å². The first-order chi connectivity index (χ1) is 6.52. The van der Waals surface area contributed by atoms with E-state index in [1.54, 1.807) is 0 Å². The van der Waals surface area contributed by atoms with E-state index in [-0.39, 0.29) is 0 Å². The zero-order chi connectivity index (χ0) is 10.7. The van der Waals surface area contributed by atoms with Gasteiger partial charge in [-0.3, -0.25) is 4.68 Å². The normalized spacial score (nSPS) is 10.6. The molecule has 0 bridgehead atoms. The van der Waals surface area contributed by atoms with E-state index in [4.69, 9.17) is 0 Å². The molecule has 0 atom stereocenters. The lowest BCUT2D eigenvalue weighted by Crippen LogP contribution is -2.16. The minimum absolute atomic E-state index is 0.869. The van der Waals surface area contributed by atoms with E-state index in [1.807, 2.05) is 25.6 Å². The highest BCUT2D eigenvalue weighted by molar-refractivity contribution is 5.24. The van der Waals surface area contributed by atoms with Gasteiger partial charge in [0, 0.05) is 31.4 Å². The molecule has 78 valence electrons. The van der Waals surface area contributed by atoms with Crippen LogP contribution in [0.3, 0.4) is 0 Å². The standard InChI is InChI=1S/C11H19N3/c1-8(2)6-12-7-11-9(3)13-14(5)10(11)4/h12H,1,6-7H2,2-5H3. The fourth-order valence-corrected chi connectivity index (χ4v) is 1.47. The van der Waals surface area contributed by atoms with Gasteiger partial charge in [0.15, 0.2) is 0 Å². The molecule has 1 aromatic heterocycles. The van der Waals surface area contributed by atoms with Gasteiger partial charge in [-0.05, 0) is 20.8 Å². The minimum atomic E-state index is 0.869. The van der Waals surface area contributed by atoms with Gasteiger partial charge in [-0.2, -0.15) is 5.10 Å². The summed E-state index contributed by atoms with van der Waals surface area (Å²) in [6, 6.07) is 0. The smallest absolute Gasteiger partial charge is 0.0641 e. The number of hydrogen-bond acceptors (Lipinski definition) is 2. The second kappa shape index (κ2) is 4.42. The summed E-state index contributed by atoms with van der Waals surface area (Å²) < 4.78 is 1.92. The third kappa shape index (κ3) is 2.45. The molecular weight excluding hydrogens is 174 g/mol. The quantitative estimate of drug-likeness (QED) is 0.738. The number of nitrogens with zero attached hydrogens (tertiary/aromatic N) is 2. The highest BCUT2D eigenvalue weighted by Crippen LogP contribution is 2.10. The lowest BCUT2D eigenvalue weighted by Gasteiger charge is -2.04. The van der Waals surface area contributed by atoms with Crippen LogP contribution in [0.1, 0.15) is 23.9 Å². The van der Waals surface area contributed by atoms with Gasteiger partial charge in [0.1, 0.15) is 0 Å². The van der Waals surface area contributed by atoms with Crippen LogP contribution in [0, 0.1) is 13.8 Å². The SMILES string of the molecule is C=C(C)CNCc1c(C)nn(C)c1C. The van der Waals surface area contributed by atoms with Crippen molar-refractivity contribution in [2.24, 2.45) is 7.05 Å². The Morgan fingerprint density at radius 2 is 2.14 bits per heavy atom. The maximum atomic E-state index is 4.36. The Morgan fingerprint density at radius 3 is 2.57 bits per heavy atom. The Labute approximate surface area is 85.8 Å². The van der Waals surface area contributed by atoms with Crippen molar-refractivity contribution in [1.82, 2.24) is 15.1 Å². The summed E-state index contributed by atoms with van der Waals surface area (Å²) in [6.07, 6.45) is 0. The molecule has 0 saturated carbocycles. The van der Waals surface area contributed by atoms with Crippen LogP contribution in [0.15, 0.2) is 12.2 Å². The molecule has 0 saturated heterocycles. The summed E-state index contributed by atoms with van der Waals surface area (Å²) in [4.78, 5) is 0. The molecule has 0 aliphatic carbocycles. The van der Waals surface area contributed by atoms with E-state index in [0.717, 1.165) is 24.4 Å². The van der Waals surface area contributed by atoms with Crippen LogP contribution in [0.2, 0.25) is 0 Å². The first-order valence-electron chi connectivity index (χ1n) is 4.86. The van der Waals surface area contributed by atoms with Crippen LogP contribution < -0.4 is 5.32 Å². The lowest BCUT2D eigenvalue weighted by atomic mass is 10.2. The summed E-state index contributed by atoms with van der Waals surface area (Å²) in [5.41, 5.74) is 4.80. The Balaban J connectivity index is 2.62. The molecule has 0 aliphatic heterocycles. The Hall–Kier alpha value is -1.09. The summed E-state index contributed by atoms with van der Waals surface area (Å²) in [5, 5.41) is 7.71. The number of hydrogen-bond donors (Lipinski definition) is 1. The first kappa shape index (κ1) is 11.0. The highest BCUT2D eigenvalue weighted by Gasteiger charge is 2.07. The van der Waals surface area contributed by atoms with Crippen molar-refractivity contribution in [2.45, 2.75) is 27.3 Å². The Kier molecular flexibility index (Phi) is 3.47. The molecule has 0 aliphatic rings. The van der Waals surface area contributed by atoms with Crippen molar-refractivity contribution in [3.63, 3.8) is 0 Å². The average Bonchev–Trinajstić information content (AvgIpc) is 2.31. The molecule has 0 unspecified atom stereocenters. The van der Waals surface area contributed by atoms with Crippen molar-refractivity contribution >= 4 is 0 Å². The fraction of sp³-hybridized carbons (Fsp3) is 0.545. The molecule has 0 radical (unpaired) electrons. The maximum absolute atomic E-state index is 4.36. The van der Waals surface area contributed by atoms with Gasteiger partial charge in [-0.25, -0.2) is 0 Å². The van der Waals surface area contributed by atoms with Gasteiger partial charge in [0.05, 0.1) is 5.69 Å². The molecular formula is C11H19N3. The van der Waals surface area contributed by atoms with Gasteiger partial charge in [-0.15, -0.1) is 0 Å². The number of aromatic nitrogens is 2. The summed E-state index contributed by atoms with van der Waals surface area (Å²) >= 11 is 0. The van der Waals surface area contributed by atoms with Crippen LogP contribution in [-0.2, 0) is 13.6 Å². The van der Waals surface area contributed by atoms with Crippen LogP contribution in [0.25, 0.3) is 0 Å². The predicted molar refractivity (Wildman–Crippen MR) is 59.2 cm³/mol. The molecule has 1 rings (SSSR count). The van der Waals surface area contributed by atoms with Crippen LogP contribution in [-0.4, -0.2) is 16.3 Å². The minimum Gasteiger partial charge on any atom is -0.309 e. The topological polar surface area (TPSA) is 29.9 Å². The number of nitrogens with one attached hydrogen (secondary N) is 1. The average molecular weight is 193 g/mol. The van der Waals surface area contributed by atoms with Crippen LogP contribution in [0.4, 0.5) is 0 Å². The summed E-state index contributed by atoms with van der Waals surface area (Å²) in [7, 11) is 1.98. The molecule has 3 nitrogen and oxygen atoms in total. The summed E-state index contributed by atoms with van der Waals surface area (Å²) in [6.45, 7) is 11.8. The Bertz CT molecular complexity index is 337. The van der Waals surface area contributed by atoms with E-state index in [2.05, 4.69) is 23.9 Å². The van der Waals surface area contributed by atoms with E-state index < -0.39 is 0 Å². The molecule has 14 heavy (non-hydrogen) atoms. The number of aryl methyl sites for hydroxylation is 2. The molecule has 0 amide bonds. The monoisotopic (exact) mass is 193 g/mol. The third-order valence-electron chi connectivity index (χ3n) is 2.39. The van der Waals surface area contributed by atoms with Crippen molar-refractivity contribution in [3.05, 3.63) is 29.1 Å². The molecule has 1 N–H and O–H groups in total. The molecule has 0 aromatic carbocycles. The highest BCUT2D eigenvalue weighted by atomic mass is 15.3. The van der Waals surface area contributed by atoms with E-state index in [0.29, 0.717) is 0 Å². The second-order valence-electron chi connectivity index (χ2n) is 3.83. The molecule has 0 fully saturated rings. The van der Waals surface area contributed by atoms with E-state index >= 15 is 0 Å². The fourth-order valence-electron chi connectivity index (χ4n) is 1.47. The van der Waals surface area contributed by atoms with E-state index in [1.165, 1.54) is 11.3 Å². The zero-order valence-corrected chi connectivity index (χ0v) is 9.52. The molecule has 0 spiro atoms. The third-order valence-corrected chi connectivity index (χ3v) is 2.39. The first-order valence-corrected chi connectivity index (χ1v) is 4.86. The molecule has 1 heterocycles. The van der Waals surface area contributed by atoms with Gasteiger partial charge in [0.25, 0.3) is 0 Å². The Morgan fingerprint density at radius 1 is 1.50 bits per heavy atom. The predicted octanol–water partition coefficient (Wildman–Crippen LogP) is 1.70.